The van der Waals surface area contributed by atoms with Gasteiger partial charge in [0, 0.05) is 6.20 Å². The molecule has 2 heterocycles. The molecule has 0 atom stereocenters. The lowest BCUT2D eigenvalue weighted by atomic mass is 10.4. The Morgan fingerprint density at radius 1 is 1.35 bits per heavy atom. The van der Waals surface area contributed by atoms with E-state index >= 15 is 0 Å². The molecular formula is C11H10F5N5O2. The van der Waals surface area contributed by atoms with E-state index in [9.17, 15) is 26.7 Å². The molecule has 0 aromatic carbocycles. The third-order valence-corrected chi connectivity index (χ3v) is 2.47. The summed E-state index contributed by atoms with van der Waals surface area (Å²) < 4.78 is 66.5. The van der Waals surface area contributed by atoms with Gasteiger partial charge in [0.1, 0.15) is 19.0 Å². The Morgan fingerprint density at radius 3 is 2.74 bits per heavy atom. The van der Waals surface area contributed by atoms with Gasteiger partial charge in [-0.25, -0.2) is 4.68 Å². The van der Waals surface area contributed by atoms with Crippen molar-refractivity contribution in [2.45, 2.75) is 19.5 Å². The van der Waals surface area contributed by atoms with Gasteiger partial charge in [0.25, 0.3) is 5.91 Å². The van der Waals surface area contributed by atoms with Gasteiger partial charge in [-0.15, -0.1) is 0 Å². The van der Waals surface area contributed by atoms with Crippen LogP contribution in [0.4, 0.5) is 27.6 Å². The second kappa shape index (κ2) is 6.73. The quantitative estimate of drug-likeness (QED) is 0.820. The van der Waals surface area contributed by atoms with Gasteiger partial charge in [0.15, 0.2) is 0 Å². The Bertz CT molecular complexity index is 666. The first kappa shape index (κ1) is 16.9. The summed E-state index contributed by atoms with van der Waals surface area (Å²) in [4.78, 5) is 11.8. The van der Waals surface area contributed by atoms with Crippen LogP contribution in [-0.2, 0) is 11.5 Å². The number of carbonyl (C=O) groups is 1. The van der Waals surface area contributed by atoms with E-state index in [0.29, 0.717) is 0 Å². The number of hydrogen-bond acceptors (Lipinski definition) is 4. The van der Waals surface area contributed by atoms with Gasteiger partial charge >= 0.3 is 12.7 Å². The number of aromatic nitrogens is 4. The van der Waals surface area contributed by atoms with Gasteiger partial charge in [0.2, 0.25) is 0 Å². The zero-order valence-corrected chi connectivity index (χ0v) is 11.3. The van der Waals surface area contributed by atoms with Crippen molar-refractivity contribution in [3.63, 3.8) is 0 Å². The maximum Gasteiger partial charge on any atom is 0.411 e. The monoisotopic (exact) mass is 339 g/mol. The van der Waals surface area contributed by atoms with Crippen LogP contribution in [-0.4, -0.2) is 38.3 Å². The molecule has 0 radical (unpaired) electrons. The summed E-state index contributed by atoms with van der Waals surface area (Å²) >= 11 is 0. The maximum absolute atomic E-state index is 12.6. The SMILES string of the molecule is O=C(Nc1cnn(COCC(F)(F)F)c1)c1ccnn1C(F)F. The average Bonchev–Trinajstić information content (AvgIpc) is 3.06. The fourth-order valence-electron chi connectivity index (χ4n) is 1.60. The Labute approximate surface area is 125 Å². The molecule has 0 fully saturated rings. The van der Waals surface area contributed by atoms with Crippen molar-refractivity contribution < 1.29 is 31.5 Å². The zero-order valence-electron chi connectivity index (χ0n) is 11.3. The predicted octanol–water partition coefficient (Wildman–Crippen LogP) is 2.26. The number of anilines is 1. The van der Waals surface area contributed by atoms with Gasteiger partial charge in [-0.2, -0.15) is 36.8 Å². The van der Waals surface area contributed by atoms with Crippen molar-refractivity contribution >= 4 is 11.6 Å². The standard InChI is InChI=1S/C11H10F5N5O2/c12-10(13)21-8(1-2-17-21)9(22)19-7-3-18-20(4-7)6-23-5-11(14,15)16/h1-4,10H,5-6H2,(H,19,22). The van der Waals surface area contributed by atoms with Gasteiger partial charge in [-0.1, -0.05) is 0 Å². The number of halogens is 5. The summed E-state index contributed by atoms with van der Waals surface area (Å²) in [6.07, 6.45) is -1.09. The summed E-state index contributed by atoms with van der Waals surface area (Å²) in [6.45, 7) is -4.91. The van der Waals surface area contributed by atoms with Crippen LogP contribution in [0.2, 0.25) is 0 Å². The minimum atomic E-state index is -4.46. The highest BCUT2D eigenvalue weighted by Crippen LogP contribution is 2.16. The van der Waals surface area contributed by atoms with Gasteiger partial charge in [-0.05, 0) is 6.07 Å². The van der Waals surface area contributed by atoms with Crippen molar-refractivity contribution in [3.8, 4) is 0 Å². The Balaban J connectivity index is 1.93. The van der Waals surface area contributed by atoms with E-state index < -0.39 is 32.0 Å². The molecule has 0 aliphatic heterocycles. The van der Waals surface area contributed by atoms with Crippen LogP contribution in [0.25, 0.3) is 0 Å². The van der Waals surface area contributed by atoms with E-state index in [0.717, 1.165) is 23.1 Å². The summed E-state index contributed by atoms with van der Waals surface area (Å²) in [7, 11) is 0. The summed E-state index contributed by atoms with van der Waals surface area (Å²) in [5.41, 5.74) is -0.270. The summed E-state index contributed by atoms with van der Waals surface area (Å²) in [5.74, 6) is -0.862. The predicted molar refractivity (Wildman–Crippen MR) is 65.7 cm³/mol. The molecular weight excluding hydrogens is 329 g/mol. The number of rotatable bonds is 6. The second-order valence-electron chi connectivity index (χ2n) is 4.25. The normalized spacial score (nSPS) is 11.9. The average molecular weight is 339 g/mol. The minimum absolute atomic E-state index is 0.104. The third-order valence-electron chi connectivity index (χ3n) is 2.47. The van der Waals surface area contributed by atoms with E-state index in [2.05, 4.69) is 20.3 Å². The second-order valence-corrected chi connectivity index (χ2v) is 4.25. The molecule has 1 amide bonds. The van der Waals surface area contributed by atoms with Crippen LogP contribution in [0.15, 0.2) is 24.7 Å². The lowest BCUT2D eigenvalue weighted by Gasteiger charge is -2.07. The van der Waals surface area contributed by atoms with Crippen LogP contribution in [0.5, 0.6) is 0 Å². The minimum Gasteiger partial charge on any atom is -0.350 e. The zero-order chi connectivity index (χ0) is 17.0. The van der Waals surface area contributed by atoms with Crippen LogP contribution in [0.1, 0.15) is 17.0 Å². The lowest BCUT2D eigenvalue weighted by Crippen LogP contribution is -2.19. The molecule has 126 valence electrons. The molecule has 0 unspecified atom stereocenters. The first-order chi connectivity index (χ1) is 10.8. The van der Waals surface area contributed by atoms with Crippen LogP contribution in [0, 0.1) is 0 Å². The van der Waals surface area contributed by atoms with E-state index in [1.54, 1.807) is 0 Å². The molecule has 2 aromatic rings. The van der Waals surface area contributed by atoms with Crippen LogP contribution < -0.4 is 5.32 Å². The van der Waals surface area contributed by atoms with Crippen LogP contribution in [0.3, 0.4) is 0 Å². The van der Waals surface area contributed by atoms with Crippen LogP contribution >= 0.6 is 0 Å². The first-order valence-corrected chi connectivity index (χ1v) is 6.06. The topological polar surface area (TPSA) is 74.0 Å². The lowest BCUT2D eigenvalue weighted by molar-refractivity contribution is -0.182. The Morgan fingerprint density at radius 2 is 2.09 bits per heavy atom. The molecule has 0 spiro atoms. The van der Waals surface area contributed by atoms with Crippen molar-refractivity contribution in [2.24, 2.45) is 0 Å². The smallest absolute Gasteiger partial charge is 0.350 e. The molecule has 23 heavy (non-hydrogen) atoms. The first-order valence-electron chi connectivity index (χ1n) is 6.06. The molecule has 12 heteroatoms. The fourth-order valence-corrected chi connectivity index (χ4v) is 1.60. The molecule has 1 N–H and O–H groups in total. The molecule has 0 aliphatic rings. The molecule has 0 bridgehead atoms. The highest BCUT2D eigenvalue weighted by Gasteiger charge is 2.27. The number of nitrogens with zero attached hydrogens (tertiary/aromatic N) is 4. The molecule has 7 nitrogen and oxygen atoms in total. The van der Waals surface area contributed by atoms with E-state index in [-0.39, 0.29) is 16.1 Å². The van der Waals surface area contributed by atoms with E-state index in [1.165, 1.54) is 6.20 Å². The highest BCUT2D eigenvalue weighted by atomic mass is 19.4. The number of carbonyl (C=O) groups excluding carboxylic acids is 1. The molecule has 0 aliphatic carbocycles. The van der Waals surface area contributed by atoms with E-state index in [4.69, 9.17) is 0 Å². The van der Waals surface area contributed by atoms with Gasteiger partial charge in [-0.3, -0.25) is 4.79 Å². The highest BCUT2D eigenvalue weighted by molar-refractivity contribution is 6.02. The Hall–Kier alpha value is -2.50. The number of ether oxygens (including phenoxy) is 1. The fraction of sp³-hybridized carbons (Fsp3) is 0.364. The summed E-state index contributed by atoms with van der Waals surface area (Å²) in [6, 6.07) is 1.10. The summed E-state index contributed by atoms with van der Waals surface area (Å²) in [5, 5.41) is 9.24. The Kier molecular flexibility index (Phi) is 4.93. The molecule has 2 aromatic heterocycles. The van der Waals surface area contributed by atoms with Gasteiger partial charge in [0.05, 0.1) is 18.1 Å². The van der Waals surface area contributed by atoms with Crippen molar-refractivity contribution in [1.82, 2.24) is 19.6 Å². The van der Waals surface area contributed by atoms with Crippen molar-refractivity contribution in [2.75, 3.05) is 11.9 Å². The number of nitrogens with one attached hydrogen (secondary N) is 1. The van der Waals surface area contributed by atoms with Crippen molar-refractivity contribution in [3.05, 3.63) is 30.4 Å². The van der Waals surface area contributed by atoms with Gasteiger partial charge < -0.3 is 10.1 Å². The largest absolute Gasteiger partial charge is 0.411 e. The number of amides is 1. The number of hydrogen-bond donors (Lipinski definition) is 1. The number of alkyl halides is 5. The molecule has 0 saturated carbocycles. The molecule has 0 saturated heterocycles. The maximum atomic E-state index is 12.6. The van der Waals surface area contributed by atoms with Crippen molar-refractivity contribution in [1.29, 1.82) is 0 Å². The van der Waals surface area contributed by atoms with E-state index in [1.807, 2.05) is 0 Å². The third kappa shape index (κ3) is 4.74. The molecule has 2 rings (SSSR count).